The van der Waals surface area contributed by atoms with Crippen LogP contribution in [-0.4, -0.2) is 53.1 Å². The molecule has 0 amide bonds. The van der Waals surface area contributed by atoms with E-state index in [1.54, 1.807) is 0 Å². The summed E-state index contributed by atoms with van der Waals surface area (Å²) in [5, 5.41) is 2.19. The lowest BCUT2D eigenvalue weighted by Crippen LogP contribution is -2.47. The number of hydrogen-bond donors (Lipinski definition) is 1. The van der Waals surface area contributed by atoms with Gasteiger partial charge in [-0.05, 0) is 26.0 Å². The Morgan fingerprint density at radius 3 is 2.44 bits per heavy atom. The molecule has 2 rings (SSSR count). The lowest BCUT2D eigenvalue weighted by atomic mass is 10.1. The highest BCUT2D eigenvalue weighted by molar-refractivity contribution is 5.28. The maximum absolute atomic E-state index is 4.57. The number of nitrogens with one attached hydrogen (secondary N) is 1. The van der Waals surface area contributed by atoms with Crippen molar-refractivity contribution in [3.8, 4) is 0 Å². The van der Waals surface area contributed by atoms with Gasteiger partial charge in [-0.15, -0.1) is 0 Å². The third kappa shape index (κ3) is 3.40. The minimum absolute atomic E-state index is 0.430. The second-order valence-electron chi connectivity index (χ2n) is 5.31. The third-order valence-electron chi connectivity index (χ3n) is 3.23. The molecule has 1 aromatic rings. The van der Waals surface area contributed by atoms with Gasteiger partial charge in [-0.3, -0.25) is 5.43 Å². The number of piperazine rings is 1. The standard InChI is InChI=1S/C13H23N5/c1-10(2)12-9-11(3)14-13(15-12)16-18-7-5-17(4)6-8-18/h9-10H,5-8H2,1-4H3,(H,14,15,16). The zero-order valence-corrected chi connectivity index (χ0v) is 11.8. The molecule has 0 aliphatic carbocycles. The molecule has 5 heteroatoms. The largest absolute Gasteiger partial charge is 0.304 e. The number of likely N-dealkylation sites (N-methyl/N-ethyl adjacent to an activating group) is 1. The first-order valence-corrected chi connectivity index (χ1v) is 6.60. The Labute approximate surface area is 109 Å². The van der Waals surface area contributed by atoms with Crippen LogP contribution in [0.1, 0.15) is 31.2 Å². The van der Waals surface area contributed by atoms with Crippen molar-refractivity contribution < 1.29 is 0 Å². The number of hydrazine groups is 1. The number of aryl methyl sites for hydroxylation is 1. The van der Waals surface area contributed by atoms with Crippen molar-refractivity contribution in [2.24, 2.45) is 0 Å². The SMILES string of the molecule is Cc1cc(C(C)C)nc(NN2CCN(C)CC2)n1. The molecule has 0 spiro atoms. The summed E-state index contributed by atoms with van der Waals surface area (Å²) >= 11 is 0. The minimum atomic E-state index is 0.430. The van der Waals surface area contributed by atoms with Gasteiger partial charge in [-0.25, -0.2) is 15.0 Å². The maximum Gasteiger partial charge on any atom is 0.237 e. The van der Waals surface area contributed by atoms with E-state index in [9.17, 15) is 0 Å². The molecule has 1 aromatic heterocycles. The Hall–Kier alpha value is -1.20. The summed E-state index contributed by atoms with van der Waals surface area (Å²) in [5.74, 6) is 1.16. The maximum atomic E-state index is 4.57. The monoisotopic (exact) mass is 249 g/mol. The van der Waals surface area contributed by atoms with Gasteiger partial charge in [-0.2, -0.15) is 0 Å². The summed E-state index contributed by atoms with van der Waals surface area (Å²) in [7, 11) is 2.15. The fourth-order valence-corrected chi connectivity index (χ4v) is 2.00. The van der Waals surface area contributed by atoms with Crippen molar-refractivity contribution in [1.82, 2.24) is 19.9 Å². The van der Waals surface area contributed by atoms with E-state index in [4.69, 9.17) is 0 Å². The highest BCUT2D eigenvalue weighted by Crippen LogP contribution is 2.15. The van der Waals surface area contributed by atoms with Crippen LogP contribution in [0.4, 0.5) is 5.95 Å². The summed E-state index contributed by atoms with van der Waals surface area (Å²) in [6.45, 7) is 10.5. The fraction of sp³-hybridized carbons (Fsp3) is 0.692. The van der Waals surface area contributed by atoms with Gasteiger partial charge >= 0.3 is 0 Å². The highest BCUT2D eigenvalue weighted by atomic mass is 15.6. The molecule has 1 saturated heterocycles. The smallest absolute Gasteiger partial charge is 0.237 e. The van der Waals surface area contributed by atoms with Gasteiger partial charge in [0.05, 0.1) is 0 Å². The first kappa shape index (κ1) is 13.2. The lowest BCUT2D eigenvalue weighted by molar-refractivity contribution is 0.178. The summed E-state index contributed by atoms with van der Waals surface area (Å²) in [4.78, 5) is 11.3. The number of anilines is 1. The van der Waals surface area contributed by atoms with Crippen LogP contribution >= 0.6 is 0 Å². The second-order valence-corrected chi connectivity index (χ2v) is 5.31. The van der Waals surface area contributed by atoms with Crippen LogP contribution in [0.25, 0.3) is 0 Å². The Morgan fingerprint density at radius 1 is 1.17 bits per heavy atom. The second kappa shape index (κ2) is 5.63. The Morgan fingerprint density at radius 2 is 1.83 bits per heavy atom. The number of aromatic nitrogens is 2. The first-order chi connectivity index (χ1) is 8.54. The average Bonchev–Trinajstić information content (AvgIpc) is 2.31. The lowest BCUT2D eigenvalue weighted by Gasteiger charge is -2.32. The van der Waals surface area contributed by atoms with Crippen molar-refractivity contribution in [2.75, 3.05) is 38.7 Å². The topological polar surface area (TPSA) is 44.3 Å². The highest BCUT2D eigenvalue weighted by Gasteiger charge is 2.15. The predicted octanol–water partition coefficient (Wildman–Crippen LogP) is 1.48. The zero-order chi connectivity index (χ0) is 13.1. The molecule has 0 bridgehead atoms. The molecule has 5 nitrogen and oxygen atoms in total. The molecule has 1 aliphatic heterocycles. The summed E-state index contributed by atoms with van der Waals surface area (Å²) in [6, 6.07) is 2.06. The Kier molecular flexibility index (Phi) is 4.14. The summed E-state index contributed by atoms with van der Waals surface area (Å²) < 4.78 is 0. The average molecular weight is 249 g/mol. The van der Waals surface area contributed by atoms with E-state index in [0.29, 0.717) is 5.92 Å². The van der Waals surface area contributed by atoms with Crippen molar-refractivity contribution in [2.45, 2.75) is 26.7 Å². The molecule has 1 N–H and O–H groups in total. The molecular formula is C13H23N5. The van der Waals surface area contributed by atoms with Gasteiger partial charge in [-0.1, -0.05) is 13.8 Å². The van der Waals surface area contributed by atoms with E-state index in [0.717, 1.165) is 43.5 Å². The molecule has 0 unspecified atom stereocenters. The number of nitrogens with zero attached hydrogens (tertiary/aromatic N) is 4. The molecule has 0 saturated carbocycles. The van der Waals surface area contributed by atoms with Gasteiger partial charge < -0.3 is 4.90 Å². The van der Waals surface area contributed by atoms with Gasteiger partial charge in [0.1, 0.15) is 0 Å². The number of rotatable bonds is 3. The molecule has 1 fully saturated rings. The van der Waals surface area contributed by atoms with E-state index >= 15 is 0 Å². The van der Waals surface area contributed by atoms with Gasteiger partial charge in [0.2, 0.25) is 5.95 Å². The van der Waals surface area contributed by atoms with E-state index in [1.165, 1.54) is 0 Å². The van der Waals surface area contributed by atoms with Crippen LogP contribution in [0.15, 0.2) is 6.07 Å². The summed E-state index contributed by atoms with van der Waals surface area (Å²) in [6.07, 6.45) is 0. The van der Waals surface area contributed by atoms with Crippen LogP contribution in [0, 0.1) is 6.92 Å². The molecule has 18 heavy (non-hydrogen) atoms. The third-order valence-corrected chi connectivity index (χ3v) is 3.23. The normalized spacial score (nSPS) is 18.3. The quantitative estimate of drug-likeness (QED) is 0.879. The van der Waals surface area contributed by atoms with E-state index < -0.39 is 0 Å². The van der Waals surface area contributed by atoms with Crippen molar-refractivity contribution in [1.29, 1.82) is 0 Å². The van der Waals surface area contributed by atoms with E-state index in [1.807, 2.05) is 6.92 Å². The molecule has 0 aromatic carbocycles. The first-order valence-electron chi connectivity index (χ1n) is 6.60. The zero-order valence-electron chi connectivity index (χ0n) is 11.8. The van der Waals surface area contributed by atoms with Gasteiger partial charge in [0, 0.05) is 37.6 Å². The van der Waals surface area contributed by atoms with Crippen LogP contribution in [-0.2, 0) is 0 Å². The van der Waals surface area contributed by atoms with Crippen LogP contribution in [0.3, 0.4) is 0 Å². The fourth-order valence-electron chi connectivity index (χ4n) is 2.00. The van der Waals surface area contributed by atoms with Crippen molar-refractivity contribution in [3.63, 3.8) is 0 Å². The molecule has 1 aliphatic rings. The van der Waals surface area contributed by atoms with E-state index in [2.05, 4.69) is 52.3 Å². The van der Waals surface area contributed by atoms with Crippen molar-refractivity contribution in [3.05, 3.63) is 17.5 Å². The van der Waals surface area contributed by atoms with Crippen LogP contribution in [0.2, 0.25) is 0 Å². The molecule has 0 atom stereocenters. The summed E-state index contributed by atoms with van der Waals surface area (Å²) in [5.41, 5.74) is 5.44. The van der Waals surface area contributed by atoms with Crippen LogP contribution in [0.5, 0.6) is 0 Å². The van der Waals surface area contributed by atoms with E-state index in [-0.39, 0.29) is 0 Å². The minimum Gasteiger partial charge on any atom is -0.304 e. The Balaban J connectivity index is 2.04. The van der Waals surface area contributed by atoms with Crippen LogP contribution < -0.4 is 5.43 Å². The molecular weight excluding hydrogens is 226 g/mol. The molecule has 2 heterocycles. The van der Waals surface area contributed by atoms with Crippen molar-refractivity contribution >= 4 is 5.95 Å². The van der Waals surface area contributed by atoms with Gasteiger partial charge in [0.25, 0.3) is 0 Å². The number of hydrogen-bond acceptors (Lipinski definition) is 5. The molecule has 100 valence electrons. The molecule has 0 radical (unpaired) electrons. The Bertz CT molecular complexity index is 396. The van der Waals surface area contributed by atoms with Gasteiger partial charge in [0.15, 0.2) is 0 Å². The predicted molar refractivity (Wildman–Crippen MR) is 73.6 cm³/mol.